The van der Waals surface area contributed by atoms with E-state index in [0.717, 1.165) is 78.3 Å². The zero-order chi connectivity index (χ0) is 29.8. The number of H-pyrrole nitrogens is 1. The second kappa shape index (κ2) is 14.8. The van der Waals surface area contributed by atoms with Crippen LogP contribution in [0.2, 0.25) is 0 Å². The van der Waals surface area contributed by atoms with Crippen molar-refractivity contribution < 1.29 is 14.0 Å². The van der Waals surface area contributed by atoms with Crippen molar-refractivity contribution in [1.82, 2.24) is 19.7 Å². The Morgan fingerprint density at radius 1 is 0.955 bits per heavy atom. The average molecular weight is 619 g/mol. The van der Waals surface area contributed by atoms with Gasteiger partial charge in [-0.2, -0.15) is 0 Å². The minimum absolute atomic E-state index is 0. The van der Waals surface area contributed by atoms with Gasteiger partial charge in [0, 0.05) is 30.4 Å². The zero-order valence-corrected chi connectivity index (χ0v) is 24.3. The summed E-state index contributed by atoms with van der Waals surface area (Å²) in [5, 5.41) is 3.86. The fourth-order valence-corrected chi connectivity index (χ4v) is 5.60. The first-order chi connectivity index (χ1) is 21.0. The first-order valence-corrected chi connectivity index (χ1v) is 14.7. The molecular weight excluding hydrogens is 583 g/mol. The fraction of sp³-hybridized carbons (Fsp3) is 0.294. The van der Waals surface area contributed by atoms with Gasteiger partial charge in [0.15, 0.2) is 5.82 Å². The number of rotatable bonds is 9. The third kappa shape index (κ3) is 7.22. The van der Waals surface area contributed by atoms with Crippen molar-refractivity contribution in [3.05, 3.63) is 116 Å². The summed E-state index contributed by atoms with van der Waals surface area (Å²) < 4.78 is 18.0. The molecule has 0 saturated carbocycles. The monoisotopic (exact) mass is 618 g/mol. The van der Waals surface area contributed by atoms with Crippen molar-refractivity contribution in [2.45, 2.75) is 52.1 Å². The van der Waals surface area contributed by atoms with E-state index in [2.05, 4.69) is 17.1 Å². The molecule has 1 saturated heterocycles. The molecule has 0 amide bonds. The maximum absolute atomic E-state index is 14.0. The fourth-order valence-electron chi connectivity index (χ4n) is 5.60. The van der Waals surface area contributed by atoms with Crippen molar-refractivity contribution in [2.75, 3.05) is 13.2 Å². The van der Waals surface area contributed by atoms with Crippen LogP contribution in [0.25, 0.3) is 28.2 Å². The van der Waals surface area contributed by atoms with Gasteiger partial charge < -0.3 is 9.47 Å². The van der Waals surface area contributed by atoms with Gasteiger partial charge in [-0.15, -0.1) is 0 Å². The number of aromatic nitrogens is 4. The van der Waals surface area contributed by atoms with Gasteiger partial charge in [-0.05, 0) is 54.3 Å². The Balaban J connectivity index is 0.00000384. The van der Waals surface area contributed by atoms with E-state index in [1.807, 2.05) is 79.7 Å². The molecule has 1 aliphatic heterocycles. The SMILES string of the molecule is CCCc1nc(C)n(-c2ccc(OC3CCOCC3)cc2)c(=O)c1Cc1ccc(-c2ccccc2-c2noc(=O)[nH]2)cc1.[KH]. The van der Waals surface area contributed by atoms with Gasteiger partial charge >= 0.3 is 57.1 Å². The molecule has 2 aromatic heterocycles. The number of ether oxygens (including phenoxy) is 2. The standard InChI is InChI=1S/C34H34N4O5.K.H/c1-3-6-31-30(21-23-9-11-24(12-10-23)28-7-4-5-8-29(28)32-36-34(40)43-37-32)33(39)38(22(2)35-31)25-13-15-26(16-14-25)42-27-17-19-41-20-18-27;;/h4-5,7-16,27H,3,6,17-21H2,1-2H3,(H,36,37,40);;. The van der Waals surface area contributed by atoms with E-state index in [-0.39, 0.29) is 63.0 Å². The normalized spacial score (nSPS) is 13.4. The molecular formula is C34H35KN4O5. The van der Waals surface area contributed by atoms with Gasteiger partial charge in [-0.3, -0.25) is 18.9 Å². The van der Waals surface area contributed by atoms with Crippen molar-refractivity contribution >= 4 is 51.4 Å². The second-order valence-corrected chi connectivity index (χ2v) is 10.8. The summed E-state index contributed by atoms with van der Waals surface area (Å²) in [5.74, 6) is 1.23. The molecule has 44 heavy (non-hydrogen) atoms. The van der Waals surface area contributed by atoms with Crippen LogP contribution in [-0.4, -0.2) is 90.4 Å². The minimum atomic E-state index is -0.598. The third-order valence-electron chi connectivity index (χ3n) is 7.75. The van der Waals surface area contributed by atoms with Crippen LogP contribution in [0.3, 0.4) is 0 Å². The second-order valence-electron chi connectivity index (χ2n) is 10.8. The van der Waals surface area contributed by atoms with Crippen LogP contribution in [0.5, 0.6) is 5.75 Å². The Labute approximate surface area is 298 Å². The van der Waals surface area contributed by atoms with Gasteiger partial charge in [0.05, 0.1) is 24.6 Å². The quantitative estimate of drug-likeness (QED) is 0.231. The Kier molecular flexibility index (Phi) is 10.8. The zero-order valence-electron chi connectivity index (χ0n) is 24.3. The molecule has 0 bridgehead atoms. The Bertz CT molecular complexity index is 1820. The van der Waals surface area contributed by atoms with Crippen LogP contribution >= 0.6 is 0 Å². The molecule has 6 rings (SSSR count). The number of aryl methyl sites for hydroxylation is 2. The topological polar surface area (TPSA) is 112 Å². The van der Waals surface area contributed by atoms with E-state index < -0.39 is 5.76 Å². The summed E-state index contributed by atoms with van der Waals surface area (Å²) >= 11 is 0. The molecule has 0 aliphatic carbocycles. The molecule has 222 valence electrons. The summed E-state index contributed by atoms with van der Waals surface area (Å²) in [6.45, 7) is 5.41. The molecule has 1 aliphatic rings. The van der Waals surface area contributed by atoms with Gasteiger partial charge in [-0.1, -0.05) is 67.0 Å². The molecule has 5 aromatic rings. The Morgan fingerprint density at radius 3 is 2.32 bits per heavy atom. The molecule has 0 radical (unpaired) electrons. The molecule has 0 spiro atoms. The molecule has 0 atom stereocenters. The number of hydrogen-bond donors (Lipinski definition) is 1. The van der Waals surface area contributed by atoms with Crippen LogP contribution in [-0.2, 0) is 17.6 Å². The summed E-state index contributed by atoms with van der Waals surface area (Å²) in [6.07, 6.45) is 3.99. The van der Waals surface area contributed by atoms with Gasteiger partial charge in [0.1, 0.15) is 17.7 Å². The van der Waals surface area contributed by atoms with Crippen LogP contribution in [0.4, 0.5) is 0 Å². The number of aromatic amines is 1. The van der Waals surface area contributed by atoms with Crippen LogP contribution in [0, 0.1) is 6.92 Å². The van der Waals surface area contributed by atoms with Crippen LogP contribution in [0.15, 0.2) is 86.9 Å². The van der Waals surface area contributed by atoms with E-state index in [0.29, 0.717) is 23.6 Å². The first-order valence-electron chi connectivity index (χ1n) is 14.7. The predicted octanol–water partition coefficient (Wildman–Crippen LogP) is 5.00. The molecule has 1 N–H and O–H groups in total. The van der Waals surface area contributed by atoms with Crippen molar-refractivity contribution in [3.63, 3.8) is 0 Å². The van der Waals surface area contributed by atoms with Gasteiger partial charge in [0.25, 0.3) is 5.56 Å². The van der Waals surface area contributed by atoms with Gasteiger partial charge in [-0.25, -0.2) is 9.78 Å². The van der Waals surface area contributed by atoms with Crippen LogP contribution in [0.1, 0.15) is 48.8 Å². The molecule has 9 nitrogen and oxygen atoms in total. The van der Waals surface area contributed by atoms with Crippen LogP contribution < -0.4 is 16.1 Å². The average Bonchev–Trinajstić information content (AvgIpc) is 3.47. The van der Waals surface area contributed by atoms with Crippen molar-refractivity contribution in [3.8, 4) is 34.0 Å². The molecule has 10 heteroatoms. The molecule has 3 aromatic carbocycles. The number of hydrogen-bond acceptors (Lipinski definition) is 7. The predicted molar refractivity (Wildman–Crippen MR) is 171 cm³/mol. The number of benzene rings is 3. The van der Waals surface area contributed by atoms with E-state index in [9.17, 15) is 9.59 Å². The molecule has 1 fully saturated rings. The Morgan fingerprint density at radius 2 is 1.66 bits per heavy atom. The van der Waals surface area contributed by atoms with E-state index in [4.69, 9.17) is 19.0 Å². The van der Waals surface area contributed by atoms with Crippen molar-refractivity contribution in [2.24, 2.45) is 0 Å². The van der Waals surface area contributed by atoms with E-state index >= 15 is 0 Å². The van der Waals surface area contributed by atoms with E-state index in [1.165, 1.54) is 0 Å². The van der Waals surface area contributed by atoms with E-state index in [1.54, 1.807) is 4.57 Å². The summed E-state index contributed by atoms with van der Waals surface area (Å²) in [7, 11) is 0. The van der Waals surface area contributed by atoms with Gasteiger partial charge in [0.2, 0.25) is 0 Å². The number of nitrogens with one attached hydrogen (secondary N) is 1. The third-order valence-corrected chi connectivity index (χ3v) is 7.75. The summed E-state index contributed by atoms with van der Waals surface area (Å²) in [6, 6.07) is 23.4. The maximum atomic E-state index is 14.0. The molecule has 3 heterocycles. The Hall–Kier alpha value is -3.12. The number of nitrogens with zero attached hydrogens (tertiary/aromatic N) is 3. The van der Waals surface area contributed by atoms with Crippen molar-refractivity contribution in [1.29, 1.82) is 0 Å². The first kappa shape index (κ1) is 32.3. The summed E-state index contributed by atoms with van der Waals surface area (Å²) in [5.41, 5.74) is 5.88. The summed E-state index contributed by atoms with van der Waals surface area (Å²) in [4.78, 5) is 33.1. The molecule has 0 unspecified atom stereocenters.